The molecule has 5 N–H and O–H groups in total. The van der Waals surface area contributed by atoms with E-state index in [1.165, 1.54) is 16.6 Å². The van der Waals surface area contributed by atoms with Gasteiger partial charge in [-0.25, -0.2) is 9.48 Å². The molecule has 0 radical (unpaired) electrons. The fraction of sp³-hybridized carbons (Fsp3) is 0.385. The second-order valence-corrected chi connectivity index (χ2v) is 13.1. The largest absolute Gasteiger partial charge is 1.00 e. The van der Waals surface area contributed by atoms with Gasteiger partial charge in [0.15, 0.2) is 11.5 Å². The maximum atomic E-state index is 13.9. The second-order valence-electron chi connectivity index (χ2n) is 10.7. The van der Waals surface area contributed by atoms with Crippen LogP contribution >= 0.6 is 11.8 Å². The number of piperazine rings is 1. The number of nitrogens with one attached hydrogen (secondary N) is 3. The number of carboxylic acid groups (broad SMARTS) is 1. The Kier molecular flexibility index (Phi) is 11.7. The van der Waals surface area contributed by atoms with Gasteiger partial charge in [-0.05, 0) is 46.2 Å². The van der Waals surface area contributed by atoms with Crippen molar-refractivity contribution in [2.24, 2.45) is 7.05 Å². The fourth-order valence-electron chi connectivity index (χ4n) is 5.44. The molecule has 1 aromatic heterocycles. The van der Waals surface area contributed by atoms with E-state index in [4.69, 9.17) is 0 Å². The van der Waals surface area contributed by atoms with Crippen LogP contribution in [0.15, 0.2) is 34.6 Å². The zero-order valence-corrected chi connectivity index (χ0v) is 30.1. The predicted octanol–water partition coefficient (Wildman–Crippen LogP) is -7.65. The van der Waals surface area contributed by atoms with Crippen LogP contribution in [-0.4, -0.2) is 134 Å². The molecule has 24 heteroatoms. The molecule has 7 amide bonds. The number of urea groups is 1. The van der Waals surface area contributed by atoms with Crippen LogP contribution in [0.4, 0.5) is 4.79 Å². The van der Waals surface area contributed by atoms with Crippen molar-refractivity contribution in [1.29, 1.82) is 0 Å². The minimum absolute atomic E-state index is 0. The van der Waals surface area contributed by atoms with Crippen LogP contribution in [0.2, 0.25) is 0 Å². The van der Waals surface area contributed by atoms with Crippen LogP contribution in [0, 0.1) is 0 Å². The molecule has 21 nitrogen and oxygen atoms in total. The summed E-state index contributed by atoms with van der Waals surface area (Å²) in [7, 11) is 1.53. The number of nitrogens with zero attached hydrogens (tertiary/aromatic N) is 7. The van der Waals surface area contributed by atoms with Crippen LogP contribution in [0.3, 0.4) is 0 Å². The number of carbonyl (C=O) groups excluding carboxylic acids is 7. The summed E-state index contributed by atoms with van der Waals surface area (Å²) < 4.78 is 14.9. The molecule has 1 aromatic carbocycles. The van der Waals surface area contributed by atoms with E-state index in [9.17, 15) is 53.4 Å². The Labute approximate surface area is 311 Å². The molecule has 50 heavy (non-hydrogen) atoms. The Morgan fingerprint density at radius 1 is 1.18 bits per heavy atom. The first-order valence-corrected chi connectivity index (χ1v) is 16.6. The molecule has 2 aromatic rings. The molecule has 0 aliphatic carbocycles. The summed E-state index contributed by atoms with van der Waals surface area (Å²) in [6, 6.07) is -0.112. The van der Waals surface area contributed by atoms with Crippen LogP contribution < -0.4 is 50.6 Å². The maximum Gasteiger partial charge on any atom is 1.00 e. The summed E-state index contributed by atoms with van der Waals surface area (Å²) in [4.78, 5) is 92.4. The molecule has 3 aliphatic rings. The van der Waals surface area contributed by atoms with Gasteiger partial charge in [0.1, 0.15) is 11.8 Å². The van der Waals surface area contributed by atoms with Crippen molar-refractivity contribution in [3.05, 3.63) is 35.0 Å². The molecule has 0 bridgehead atoms. The number of tetrazole rings is 1. The fourth-order valence-corrected chi connectivity index (χ4v) is 8.22. The van der Waals surface area contributed by atoms with Crippen molar-refractivity contribution in [3.63, 3.8) is 0 Å². The van der Waals surface area contributed by atoms with Crippen LogP contribution in [0.5, 0.6) is 11.5 Å². The number of aliphatic carboxylic acids is 1. The Morgan fingerprint density at radius 3 is 2.50 bits per heavy atom. The van der Waals surface area contributed by atoms with Crippen molar-refractivity contribution < 1.29 is 83.0 Å². The number of carbonyl (C=O) groups is 7. The number of hydrogen-bond donors (Lipinski definition) is 5. The average Bonchev–Trinajstić information content (AvgIpc) is 3.48. The molecule has 2 unspecified atom stereocenters. The van der Waals surface area contributed by atoms with E-state index >= 15 is 0 Å². The van der Waals surface area contributed by atoms with Gasteiger partial charge in [-0.1, -0.05) is 17.8 Å². The molecule has 4 heterocycles. The zero-order valence-electron chi connectivity index (χ0n) is 26.5. The summed E-state index contributed by atoms with van der Waals surface area (Å²) >= 11 is -1.17. The average molecular weight is 743 g/mol. The Morgan fingerprint density at radius 2 is 1.90 bits per heavy atom. The number of imide groups is 1. The molecular weight excluding hydrogens is 715 g/mol. The van der Waals surface area contributed by atoms with E-state index < -0.39 is 86.8 Å². The summed E-state index contributed by atoms with van der Waals surface area (Å²) in [5.74, 6) is -8.32. The number of aromatic hydroxyl groups is 2. The third kappa shape index (κ3) is 6.83. The molecule has 0 spiro atoms. The zero-order chi connectivity index (χ0) is 35.8. The third-order valence-corrected chi connectivity index (χ3v) is 10.7. The van der Waals surface area contributed by atoms with Crippen molar-refractivity contribution >= 4 is 65.0 Å². The number of aryl methyl sites for hydroxylation is 1. The minimum Gasteiger partial charge on any atom is -0.614 e. The SMILES string of the molecule is CCN1CCN(C(=O)NC(C(=O)N[C@]2(NC=O)C(=O)N3C(C(=O)[O-])=C(CSc4nnnn4C)C[S+]([O-])[C@@H]32)c2ccc(O)c(O)c2)C(=O)C1=O.[Na+]. The number of carboxylic acids is 1. The monoisotopic (exact) mass is 742 g/mol. The van der Waals surface area contributed by atoms with Crippen molar-refractivity contribution in [2.45, 2.75) is 29.2 Å². The first-order valence-electron chi connectivity index (χ1n) is 14.2. The number of amides is 7. The molecular formula is C26H27N10NaO11S2. The summed E-state index contributed by atoms with van der Waals surface area (Å²) in [5.41, 5.74) is -3.32. The van der Waals surface area contributed by atoms with E-state index in [-0.39, 0.29) is 77.6 Å². The first kappa shape index (κ1) is 38.4. The number of aromatic nitrogens is 4. The quantitative estimate of drug-likeness (QED) is 0.0209. The van der Waals surface area contributed by atoms with Gasteiger partial charge < -0.3 is 45.5 Å². The molecule has 5 rings (SSSR count). The van der Waals surface area contributed by atoms with Gasteiger partial charge in [0.05, 0.1) is 11.7 Å². The number of thioether (sulfide) groups is 1. The Hall–Kier alpha value is -4.42. The standard InChI is InChI=1S/C26H28N10O11S2.Na/c1-3-34-6-7-35(20(42)19(34)41)24(46)28-16(12-4-5-14(38)15(39)8-12)18(40)29-26(27-11-37)22(45)36-17(21(43)44)13(10-49(47)23(26)36)9-48-25-30-31-32-33(25)2;/h4-5,8,11,16,23,38-39H,3,6-7,9-10H2,1-2H3,(H,27,37)(H,28,46)(H,29,40)(H,43,44);/q;+1/p-1/t16?,23-,26-,49?;/m1./s1. The molecule has 260 valence electrons. The number of β-lactam (4-membered cyclic amide) rings is 1. The van der Waals surface area contributed by atoms with Gasteiger partial charge in [-0.3, -0.25) is 33.8 Å². The number of hydrogen-bond acceptors (Lipinski definition) is 15. The number of fused-ring (bicyclic) bond motifs is 1. The second kappa shape index (κ2) is 15.2. The van der Waals surface area contributed by atoms with Gasteiger partial charge in [-0.15, -0.1) is 5.10 Å². The molecule has 0 saturated carbocycles. The van der Waals surface area contributed by atoms with Crippen LogP contribution in [0.1, 0.15) is 18.5 Å². The van der Waals surface area contributed by atoms with E-state index in [0.717, 1.165) is 30.0 Å². The van der Waals surface area contributed by atoms with E-state index in [2.05, 4.69) is 31.5 Å². The number of phenols is 2. The van der Waals surface area contributed by atoms with Crippen molar-refractivity contribution in [3.8, 4) is 11.5 Å². The molecule has 2 fully saturated rings. The predicted molar refractivity (Wildman–Crippen MR) is 160 cm³/mol. The van der Waals surface area contributed by atoms with Gasteiger partial charge in [0, 0.05) is 38.0 Å². The number of rotatable bonds is 11. The van der Waals surface area contributed by atoms with Crippen molar-refractivity contribution in [1.82, 2.24) is 50.9 Å². The molecule has 4 atom stereocenters. The van der Waals surface area contributed by atoms with Crippen LogP contribution in [0.25, 0.3) is 0 Å². The maximum absolute atomic E-state index is 13.9. The van der Waals surface area contributed by atoms with E-state index in [0.29, 0.717) is 9.80 Å². The van der Waals surface area contributed by atoms with Gasteiger partial charge >= 0.3 is 47.4 Å². The smallest absolute Gasteiger partial charge is 0.614 e. The normalized spacial score (nSPS) is 22.2. The van der Waals surface area contributed by atoms with Crippen molar-refractivity contribution in [2.75, 3.05) is 31.1 Å². The minimum atomic E-state index is -2.50. The first-order chi connectivity index (χ1) is 23.2. The number of benzene rings is 1. The Bertz CT molecular complexity index is 1790. The van der Waals surface area contributed by atoms with Gasteiger partial charge in [-0.2, -0.15) is 0 Å². The van der Waals surface area contributed by atoms with Gasteiger partial charge in [0.2, 0.25) is 22.8 Å². The Balaban J connectivity index is 0.00000562. The van der Waals surface area contributed by atoms with Gasteiger partial charge in [0.25, 0.3) is 11.6 Å². The van der Waals surface area contributed by atoms with E-state index in [1.807, 2.05) is 0 Å². The topological polar surface area (TPSA) is 295 Å². The number of likely N-dealkylation sites (N-methyl/N-ethyl adjacent to an activating group) is 1. The molecule has 3 aliphatic heterocycles. The molecule has 2 saturated heterocycles. The van der Waals surface area contributed by atoms with E-state index in [1.54, 1.807) is 6.92 Å². The summed E-state index contributed by atoms with van der Waals surface area (Å²) in [6.07, 6.45) is 0.0129. The number of phenolic OH excluding ortho intramolecular Hbond substituents is 2. The summed E-state index contributed by atoms with van der Waals surface area (Å²) in [6.45, 7) is 1.59. The van der Waals surface area contributed by atoms with Crippen LogP contribution in [-0.2, 0) is 47.0 Å². The third-order valence-electron chi connectivity index (χ3n) is 7.86. The summed E-state index contributed by atoms with van der Waals surface area (Å²) in [5, 5.41) is 48.4.